The summed E-state index contributed by atoms with van der Waals surface area (Å²) in [5, 5.41) is 14.5. The Morgan fingerprint density at radius 3 is 2.48 bits per heavy atom. The molecule has 2 N–H and O–H groups in total. The van der Waals surface area contributed by atoms with Crippen molar-refractivity contribution >= 4 is 23.2 Å². The number of hydrogen-bond donors (Lipinski definition) is 2. The lowest BCUT2D eigenvalue weighted by Gasteiger charge is -2.42. The number of likely N-dealkylation sites (tertiary alicyclic amines) is 1. The summed E-state index contributed by atoms with van der Waals surface area (Å²) in [4.78, 5) is 32.0. The van der Waals surface area contributed by atoms with E-state index in [0.717, 1.165) is 11.1 Å². The number of carbonyl (C=O) groups is 2. The summed E-state index contributed by atoms with van der Waals surface area (Å²) in [6, 6.07) is 16.5. The molecule has 0 bridgehead atoms. The van der Waals surface area contributed by atoms with Gasteiger partial charge >= 0.3 is 0 Å². The molecule has 1 spiro atoms. The van der Waals surface area contributed by atoms with Crippen molar-refractivity contribution in [2.24, 2.45) is 0 Å². The van der Waals surface area contributed by atoms with Crippen LogP contribution in [-0.2, 0) is 5.41 Å². The van der Waals surface area contributed by atoms with Gasteiger partial charge < -0.3 is 15.3 Å². The lowest BCUT2D eigenvalue weighted by Crippen LogP contribution is -2.51. The maximum Gasteiger partial charge on any atom is 0.265 e. The molecule has 2 amide bonds. The molecule has 1 aromatic heterocycles. The third kappa shape index (κ3) is 3.34. The molecule has 0 radical (unpaired) electrons. The van der Waals surface area contributed by atoms with Gasteiger partial charge in [-0.2, -0.15) is 0 Å². The van der Waals surface area contributed by atoms with Crippen molar-refractivity contribution in [2.45, 2.75) is 30.4 Å². The molecule has 31 heavy (non-hydrogen) atoms. The molecule has 0 saturated carbocycles. The Bertz CT molecular complexity index is 1090. The number of fused-ring (bicyclic) bond motifs is 2. The van der Waals surface area contributed by atoms with Crippen LogP contribution in [0.15, 0.2) is 66.3 Å². The van der Waals surface area contributed by atoms with Gasteiger partial charge in [-0.3, -0.25) is 14.6 Å². The van der Waals surface area contributed by atoms with E-state index in [-0.39, 0.29) is 11.8 Å². The normalized spacial score (nSPS) is 21.6. The fourth-order valence-corrected chi connectivity index (χ4v) is 5.58. The second kappa shape index (κ2) is 7.90. The molecule has 2 aromatic carbocycles. The number of hydrogen-bond acceptors (Lipinski definition) is 5. The minimum absolute atomic E-state index is 0.00736. The molecule has 3 aromatic rings. The van der Waals surface area contributed by atoms with Crippen LogP contribution in [0.3, 0.4) is 0 Å². The van der Waals surface area contributed by atoms with E-state index in [1.807, 2.05) is 47.4 Å². The fourth-order valence-electron chi connectivity index (χ4n) is 4.99. The summed E-state index contributed by atoms with van der Waals surface area (Å²) in [5.41, 5.74) is 3.79. The highest BCUT2D eigenvalue weighted by Crippen LogP contribution is 2.51. The standard InChI is InChI=1S/C24H23N3O3S/c28-21-20(26-22(29)16-6-2-1-3-7-16)17-8-4-5-9-18(17)24(21)10-12-27(13-11-24)23(30)19-14-25-15-31-19/h1-9,14-15,20-21,28H,10-13H2,(H,26,29)/t20-,21+/m1/s1. The Morgan fingerprint density at radius 1 is 1.06 bits per heavy atom. The van der Waals surface area contributed by atoms with E-state index in [1.54, 1.807) is 23.8 Å². The Morgan fingerprint density at radius 2 is 1.77 bits per heavy atom. The first-order valence-corrected chi connectivity index (χ1v) is 11.3. The Labute approximate surface area is 184 Å². The van der Waals surface area contributed by atoms with Crippen LogP contribution in [0.2, 0.25) is 0 Å². The third-order valence-corrected chi connectivity index (χ3v) is 7.38. The number of piperidine rings is 1. The molecule has 5 rings (SSSR count). The van der Waals surface area contributed by atoms with Crippen LogP contribution >= 0.6 is 11.3 Å². The van der Waals surface area contributed by atoms with Gasteiger partial charge in [-0.1, -0.05) is 42.5 Å². The molecule has 2 heterocycles. The first-order valence-electron chi connectivity index (χ1n) is 10.4. The van der Waals surface area contributed by atoms with Crippen LogP contribution in [0.4, 0.5) is 0 Å². The van der Waals surface area contributed by atoms with Crippen LogP contribution in [0.1, 0.15) is 50.0 Å². The van der Waals surface area contributed by atoms with Crippen LogP contribution in [-0.4, -0.2) is 46.0 Å². The topological polar surface area (TPSA) is 82.5 Å². The summed E-state index contributed by atoms with van der Waals surface area (Å²) in [6.45, 7) is 1.11. The highest BCUT2D eigenvalue weighted by atomic mass is 32.1. The zero-order chi connectivity index (χ0) is 21.4. The van der Waals surface area contributed by atoms with Crippen LogP contribution in [0.5, 0.6) is 0 Å². The molecular weight excluding hydrogens is 410 g/mol. The van der Waals surface area contributed by atoms with E-state index < -0.39 is 17.6 Å². The van der Waals surface area contributed by atoms with E-state index in [9.17, 15) is 14.7 Å². The number of aliphatic hydroxyl groups excluding tert-OH is 1. The number of nitrogens with one attached hydrogen (secondary N) is 1. The molecular formula is C24H23N3O3S. The maximum atomic E-state index is 12.8. The van der Waals surface area contributed by atoms with Gasteiger partial charge in [-0.25, -0.2) is 0 Å². The highest BCUT2D eigenvalue weighted by Gasteiger charge is 2.53. The van der Waals surface area contributed by atoms with E-state index >= 15 is 0 Å². The van der Waals surface area contributed by atoms with Crippen molar-refractivity contribution < 1.29 is 14.7 Å². The molecule has 2 aliphatic rings. The van der Waals surface area contributed by atoms with Crippen molar-refractivity contribution in [3.63, 3.8) is 0 Å². The summed E-state index contributed by atoms with van der Waals surface area (Å²) in [5.74, 6) is -0.207. The van der Waals surface area contributed by atoms with Gasteiger partial charge in [-0.05, 0) is 36.1 Å². The zero-order valence-corrected chi connectivity index (χ0v) is 17.7. The quantitative estimate of drug-likeness (QED) is 0.665. The van der Waals surface area contributed by atoms with Crippen LogP contribution < -0.4 is 5.32 Å². The van der Waals surface area contributed by atoms with Crippen molar-refractivity contribution in [3.8, 4) is 0 Å². The van der Waals surface area contributed by atoms with Gasteiger partial charge in [0.2, 0.25) is 0 Å². The SMILES string of the molecule is O=C(N[C@@H]1c2ccccc2C2(CCN(C(=O)c3cncs3)CC2)[C@H]1O)c1ccccc1. The Hall–Kier alpha value is -3.03. The van der Waals surface area contributed by atoms with Crippen molar-refractivity contribution in [3.05, 3.63) is 87.9 Å². The zero-order valence-electron chi connectivity index (χ0n) is 16.9. The Kier molecular flexibility index (Phi) is 5.08. The van der Waals surface area contributed by atoms with E-state index in [1.165, 1.54) is 11.3 Å². The number of aliphatic hydroxyl groups is 1. The number of nitrogens with zero attached hydrogens (tertiary/aromatic N) is 2. The van der Waals surface area contributed by atoms with E-state index in [4.69, 9.17) is 0 Å². The molecule has 1 saturated heterocycles. The number of thiazole rings is 1. The lowest BCUT2D eigenvalue weighted by atomic mass is 9.72. The Balaban J connectivity index is 1.39. The van der Waals surface area contributed by atoms with Crippen LogP contribution in [0.25, 0.3) is 0 Å². The number of aromatic nitrogens is 1. The highest BCUT2D eigenvalue weighted by molar-refractivity contribution is 7.11. The van der Waals surface area contributed by atoms with Crippen molar-refractivity contribution in [1.29, 1.82) is 0 Å². The first-order chi connectivity index (χ1) is 15.1. The third-order valence-electron chi connectivity index (χ3n) is 6.62. The minimum Gasteiger partial charge on any atom is -0.390 e. The van der Waals surface area contributed by atoms with E-state index in [2.05, 4.69) is 10.3 Å². The molecule has 158 valence electrons. The molecule has 2 atom stereocenters. The van der Waals surface area contributed by atoms with Gasteiger partial charge in [0.1, 0.15) is 4.88 Å². The van der Waals surface area contributed by atoms with Gasteiger partial charge in [0, 0.05) is 24.1 Å². The second-order valence-electron chi connectivity index (χ2n) is 8.16. The van der Waals surface area contributed by atoms with Gasteiger partial charge in [0.25, 0.3) is 11.8 Å². The summed E-state index contributed by atoms with van der Waals surface area (Å²) >= 11 is 1.34. The summed E-state index contributed by atoms with van der Waals surface area (Å²) in [6.07, 6.45) is 2.14. The molecule has 6 nitrogen and oxygen atoms in total. The molecule has 1 aliphatic heterocycles. The average Bonchev–Trinajstić information content (AvgIpc) is 3.43. The minimum atomic E-state index is -0.752. The smallest absolute Gasteiger partial charge is 0.265 e. The summed E-state index contributed by atoms with van der Waals surface area (Å²) < 4.78 is 0. The number of benzene rings is 2. The van der Waals surface area contributed by atoms with Gasteiger partial charge in [0.05, 0.1) is 23.9 Å². The molecule has 7 heteroatoms. The van der Waals surface area contributed by atoms with Crippen LogP contribution in [0, 0.1) is 0 Å². The first kappa shape index (κ1) is 19.9. The number of amides is 2. The lowest BCUT2D eigenvalue weighted by molar-refractivity contribution is 0.0200. The molecule has 1 fully saturated rings. The monoisotopic (exact) mass is 433 g/mol. The van der Waals surface area contributed by atoms with E-state index in [0.29, 0.717) is 36.4 Å². The number of carbonyl (C=O) groups excluding carboxylic acids is 2. The molecule has 1 aliphatic carbocycles. The average molecular weight is 434 g/mol. The maximum absolute atomic E-state index is 12.8. The van der Waals surface area contributed by atoms with Gasteiger partial charge in [-0.15, -0.1) is 11.3 Å². The van der Waals surface area contributed by atoms with Crippen molar-refractivity contribution in [2.75, 3.05) is 13.1 Å². The predicted octanol–water partition coefficient (Wildman–Crippen LogP) is 3.16. The van der Waals surface area contributed by atoms with Gasteiger partial charge in [0.15, 0.2) is 0 Å². The molecule has 0 unspecified atom stereocenters. The number of rotatable bonds is 3. The largest absolute Gasteiger partial charge is 0.390 e. The predicted molar refractivity (Wildman–Crippen MR) is 118 cm³/mol. The fraction of sp³-hybridized carbons (Fsp3) is 0.292. The second-order valence-corrected chi connectivity index (χ2v) is 9.05. The summed E-state index contributed by atoms with van der Waals surface area (Å²) in [7, 11) is 0. The van der Waals surface area contributed by atoms with Crippen molar-refractivity contribution in [1.82, 2.24) is 15.2 Å².